The molecule has 146 valence electrons. The summed E-state index contributed by atoms with van der Waals surface area (Å²) in [6.45, 7) is 4.86. The minimum absolute atomic E-state index is 0.168. The van der Waals surface area contributed by atoms with Gasteiger partial charge in [-0.25, -0.2) is 0 Å². The van der Waals surface area contributed by atoms with Gasteiger partial charge in [0, 0.05) is 25.7 Å². The highest BCUT2D eigenvalue weighted by Gasteiger charge is 2.20. The highest BCUT2D eigenvalue weighted by molar-refractivity contribution is 7.07. The van der Waals surface area contributed by atoms with Crippen molar-refractivity contribution in [2.75, 3.05) is 0 Å². The van der Waals surface area contributed by atoms with Crippen LogP contribution >= 0.6 is 11.3 Å². The number of aryl methyl sites for hydroxylation is 1. The van der Waals surface area contributed by atoms with Gasteiger partial charge in [-0.05, 0) is 31.1 Å². The van der Waals surface area contributed by atoms with E-state index in [9.17, 15) is 10.1 Å². The van der Waals surface area contributed by atoms with Gasteiger partial charge in [0.15, 0.2) is 5.82 Å². The van der Waals surface area contributed by atoms with E-state index in [-0.39, 0.29) is 5.56 Å². The van der Waals surface area contributed by atoms with E-state index in [1.54, 1.807) is 22.9 Å². The third-order valence-corrected chi connectivity index (χ3v) is 5.98. The highest BCUT2D eigenvalue weighted by atomic mass is 32.1. The van der Waals surface area contributed by atoms with Gasteiger partial charge in [-0.1, -0.05) is 18.6 Å². The molecule has 1 aliphatic heterocycles. The molecular weight excluding hydrogens is 384 g/mol. The fourth-order valence-corrected chi connectivity index (χ4v) is 4.55. The predicted molar refractivity (Wildman–Crippen MR) is 112 cm³/mol. The number of allylic oxidation sites excluding steroid dienone is 1. The van der Waals surface area contributed by atoms with Crippen molar-refractivity contribution in [1.29, 1.82) is 5.26 Å². The Bertz CT molecular complexity index is 1260. The lowest BCUT2D eigenvalue weighted by Gasteiger charge is -2.06. The molecule has 0 saturated heterocycles. The van der Waals surface area contributed by atoms with E-state index < -0.39 is 0 Å². The lowest BCUT2D eigenvalue weighted by atomic mass is 10.2. The quantitative estimate of drug-likeness (QED) is 0.613. The molecule has 0 aromatic carbocycles. The van der Waals surface area contributed by atoms with Crippen LogP contribution in [0.2, 0.25) is 0 Å². The van der Waals surface area contributed by atoms with Crippen molar-refractivity contribution < 1.29 is 0 Å². The molecule has 4 heterocycles. The molecule has 3 aromatic rings. The van der Waals surface area contributed by atoms with Crippen LogP contribution in [0.5, 0.6) is 0 Å². The number of fused-ring (bicyclic) bond motifs is 1. The van der Waals surface area contributed by atoms with E-state index in [4.69, 9.17) is 0 Å². The molecule has 0 amide bonds. The zero-order valence-electron chi connectivity index (χ0n) is 15.9. The summed E-state index contributed by atoms with van der Waals surface area (Å²) in [6, 6.07) is 7.81. The Morgan fingerprint density at radius 2 is 2.21 bits per heavy atom. The van der Waals surface area contributed by atoms with Crippen LogP contribution in [-0.4, -0.2) is 24.3 Å². The minimum atomic E-state index is -0.168. The van der Waals surface area contributed by atoms with Crippen LogP contribution in [0.1, 0.15) is 36.6 Å². The summed E-state index contributed by atoms with van der Waals surface area (Å²) < 4.78 is 4.68. The number of nitriles is 1. The molecule has 0 saturated carbocycles. The molecule has 0 fully saturated rings. The monoisotopic (exact) mass is 404 g/mol. The number of nitrogens with zero attached hydrogens (tertiary/aromatic N) is 6. The number of aromatic nitrogens is 5. The number of thiazole rings is 1. The lowest BCUT2D eigenvalue weighted by Crippen LogP contribution is -2.32. The van der Waals surface area contributed by atoms with E-state index in [1.165, 1.54) is 11.3 Å². The second-order valence-corrected chi connectivity index (χ2v) is 7.79. The van der Waals surface area contributed by atoms with Crippen molar-refractivity contribution in [3.63, 3.8) is 0 Å². The van der Waals surface area contributed by atoms with Crippen LogP contribution < -0.4 is 14.8 Å². The second-order valence-electron chi connectivity index (χ2n) is 6.76. The van der Waals surface area contributed by atoms with E-state index >= 15 is 0 Å². The first-order chi connectivity index (χ1) is 14.2. The Morgan fingerprint density at radius 3 is 2.97 bits per heavy atom. The molecule has 0 aliphatic carbocycles. The Morgan fingerprint density at radius 1 is 1.31 bits per heavy atom. The molecule has 1 aliphatic rings. The summed E-state index contributed by atoms with van der Waals surface area (Å²) in [7, 11) is 0. The van der Waals surface area contributed by atoms with Crippen molar-refractivity contribution in [3.05, 3.63) is 73.9 Å². The first-order valence-corrected chi connectivity index (χ1v) is 10.3. The summed E-state index contributed by atoms with van der Waals surface area (Å²) in [5.74, 6) is 1.44. The first kappa shape index (κ1) is 19.0. The molecule has 0 bridgehead atoms. The Labute approximate surface area is 171 Å². The maximum Gasteiger partial charge on any atom is 0.269 e. The molecule has 0 unspecified atom stereocenters. The van der Waals surface area contributed by atoms with Gasteiger partial charge in [0.05, 0.1) is 10.2 Å². The lowest BCUT2D eigenvalue weighted by molar-refractivity contribution is 0.626. The molecule has 29 heavy (non-hydrogen) atoms. The van der Waals surface area contributed by atoms with Crippen LogP contribution in [0.3, 0.4) is 0 Å². The maximum atomic E-state index is 13.0. The Kier molecular flexibility index (Phi) is 5.49. The topological polar surface area (TPSA) is 89.4 Å². The van der Waals surface area contributed by atoms with Crippen LogP contribution in [0, 0.1) is 11.3 Å². The van der Waals surface area contributed by atoms with Gasteiger partial charge in [-0.2, -0.15) is 5.26 Å². The fraction of sp³-hybridized carbons (Fsp3) is 0.286. The largest absolute Gasteiger partial charge is 0.310 e. The third-order valence-electron chi connectivity index (χ3n) is 4.84. The number of pyridine rings is 1. The zero-order chi connectivity index (χ0) is 20.2. The molecule has 7 nitrogen and oxygen atoms in total. The van der Waals surface area contributed by atoms with Gasteiger partial charge in [0.2, 0.25) is 0 Å². The average Bonchev–Trinajstić information content (AvgIpc) is 3.16. The average molecular weight is 404 g/mol. The standard InChI is InChI=1S/C21H20N6OS/c1-2-11-27-20(28)17(13-15-8-5-6-10-23-15)29-21(27)16(14-22)19-25-24-18-9-4-3-7-12-26(18)19/h2,5-6,8,10,13H,1,3-4,7,9,11-12H2/b17-13+,21-16-. The second kappa shape index (κ2) is 8.37. The molecular formula is C21H20N6OS. The Balaban J connectivity index is 1.99. The maximum absolute atomic E-state index is 13.0. The van der Waals surface area contributed by atoms with Crippen molar-refractivity contribution in [1.82, 2.24) is 24.3 Å². The summed E-state index contributed by atoms with van der Waals surface area (Å²) in [5, 5.41) is 18.6. The number of hydrogen-bond donors (Lipinski definition) is 0. The molecule has 3 aromatic heterocycles. The molecule has 0 N–H and O–H groups in total. The summed E-state index contributed by atoms with van der Waals surface area (Å²) in [4.78, 5) is 17.3. The van der Waals surface area contributed by atoms with E-state index in [2.05, 4.69) is 27.8 Å². The van der Waals surface area contributed by atoms with Gasteiger partial charge in [0.1, 0.15) is 22.1 Å². The van der Waals surface area contributed by atoms with Gasteiger partial charge < -0.3 is 4.57 Å². The normalized spacial score (nSPS) is 15.3. The first-order valence-electron chi connectivity index (χ1n) is 9.53. The summed E-state index contributed by atoms with van der Waals surface area (Å²) in [6.07, 6.45) is 9.17. The van der Waals surface area contributed by atoms with Crippen molar-refractivity contribution in [2.24, 2.45) is 0 Å². The minimum Gasteiger partial charge on any atom is -0.310 e. The summed E-state index contributed by atoms with van der Waals surface area (Å²) in [5.41, 5.74) is 0.896. The van der Waals surface area contributed by atoms with Crippen LogP contribution in [0.15, 0.2) is 41.8 Å². The van der Waals surface area contributed by atoms with Crippen LogP contribution in [-0.2, 0) is 19.5 Å². The van der Waals surface area contributed by atoms with Gasteiger partial charge in [-0.15, -0.1) is 28.1 Å². The summed E-state index contributed by atoms with van der Waals surface area (Å²) >= 11 is 1.27. The van der Waals surface area contributed by atoms with Gasteiger partial charge in [0.25, 0.3) is 5.56 Å². The highest BCUT2D eigenvalue weighted by Crippen LogP contribution is 2.18. The van der Waals surface area contributed by atoms with E-state index in [0.29, 0.717) is 32.8 Å². The van der Waals surface area contributed by atoms with Crippen LogP contribution in [0.4, 0.5) is 0 Å². The van der Waals surface area contributed by atoms with Gasteiger partial charge in [-0.3, -0.25) is 14.3 Å². The molecule has 8 heteroatoms. The number of rotatable bonds is 4. The van der Waals surface area contributed by atoms with Gasteiger partial charge >= 0.3 is 0 Å². The Hall–Kier alpha value is -3.31. The van der Waals surface area contributed by atoms with Crippen molar-refractivity contribution in [2.45, 2.75) is 38.8 Å². The van der Waals surface area contributed by atoms with Crippen molar-refractivity contribution >= 4 is 23.0 Å². The fourth-order valence-electron chi connectivity index (χ4n) is 3.46. The number of hydrogen-bond acceptors (Lipinski definition) is 6. The van der Waals surface area contributed by atoms with Crippen LogP contribution in [0.25, 0.3) is 11.6 Å². The van der Waals surface area contributed by atoms with Crippen molar-refractivity contribution in [3.8, 4) is 6.07 Å². The molecule has 0 radical (unpaired) electrons. The smallest absolute Gasteiger partial charge is 0.269 e. The molecule has 4 rings (SSSR count). The van der Waals surface area contributed by atoms with E-state index in [0.717, 1.165) is 38.1 Å². The van der Waals surface area contributed by atoms with E-state index in [1.807, 2.05) is 22.8 Å². The predicted octanol–water partition coefficient (Wildman–Crippen LogP) is 1.36. The SMILES string of the molecule is C=CCn1c(=O)/c(=C\c2ccccn2)s/c1=C(/C#N)c1nnc2n1CCCCC2. The third kappa shape index (κ3) is 3.69. The molecule has 0 atom stereocenters. The zero-order valence-corrected chi connectivity index (χ0v) is 16.7. The molecule has 0 spiro atoms.